The average Bonchev–Trinajstić information content (AvgIpc) is 2.54. The molecule has 1 heterocycles. The molecule has 1 aromatic carbocycles. The summed E-state index contributed by atoms with van der Waals surface area (Å²) in [6.45, 7) is 1.66. The maximum Gasteiger partial charge on any atom is 0.335 e. The van der Waals surface area contributed by atoms with Gasteiger partial charge in [-0.1, -0.05) is 18.2 Å². The Balaban J connectivity index is 2.18. The Morgan fingerprint density at radius 3 is 2.56 bits per heavy atom. The number of carbonyl (C=O) groups excluding carboxylic acids is 1. The summed E-state index contributed by atoms with van der Waals surface area (Å²) in [6, 6.07) is 5.17. The molecule has 2 rings (SSSR count). The lowest BCUT2D eigenvalue weighted by molar-refractivity contribution is 0.182. The van der Waals surface area contributed by atoms with Crippen LogP contribution in [-0.4, -0.2) is 43.6 Å². The van der Waals surface area contributed by atoms with Crippen LogP contribution in [0.25, 0.3) is 0 Å². The molecule has 10 nitrogen and oxygen atoms in total. The second-order valence-electron chi connectivity index (χ2n) is 4.79. The molecule has 0 saturated heterocycles. The smallest absolute Gasteiger partial charge is 0.335 e. The van der Waals surface area contributed by atoms with E-state index in [0.29, 0.717) is 11.4 Å². The summed E-state index contributed by atoms with van der Waals surface area (Å²) in [5, 5.41) is 2.23. The highest BCUT2D eigenvalue weighted by Gasteiger charge is 2.21. The van der Waals surface area contributed by atoms with Crippen LogP contribution in [0.1, 0.15) is 11.4 Å². The van der Waals surface area contributed by atoms with Crippen LogP contribution in [0.3, 0.4) is 0 Å². The number of benzene rings is 1. The number of rotatable bonds is 6. The zero-order valence-electron chi connectivity index (χ0n) is 13.8. The third-order valence-electron chi connectivity index (χ3n) is 2.92. The van der Waals surface area contributed by atoms with Gasteiger partial charge in [0.25, 0.3) is 10.0 Å². The van der Waals surface area contributed by atoms with E-state index in [2.05, 4.69) is 20.3 Å². The molecule has 0 unspecified atom stereocenters. The molecule has 1 aromatic heterocycles. The molecule has 11 heteroatoms. The van der Waals surface area contributed by atoms with E-state index in [1.165, 1.54) is 20.3 Å². The van der Waals surface area contributed by atoms with Crippen LogP contribution in [0.2, 0.25) is 0 Å². The van der Waals surface area contributed by atoms with Crippen molar-refractivity contribution in [2.24, 2.45) is 0 Å². The fraction of sp³-hybridized carbons (Fsp3) is 0.286. The lowest BCUT2D eigenvalue weighted by atomic mass is 10.2. The first-order chi connectivity index (χ1) is 11.9. The number of anilines is 1. The van der Waals surface area contributed by atoms with Gasteiger partial charge >= 0.3 is 12.0 Å². The standard InChI is InChI=1S/C14H17N5O5S/c1-9-15-12(18-14(16-9)24-3)17-13(20)19-25(21,22)11-7-5-4-6-10(11)8-23-2/h4-7H,8H2,1-3H3,(H2,15,16,17,18,19,20). The molecular formula is C14H17N5O5S. The van der Waals surface area contributed by atoms with Crippen molar-refractivity contribution in [1.82, 2.24) is 19.7 Å². The fourth-order valence-electron chi connectivity index (χ4n) is 1.95. The first-order valence-electron chi connectivity index (χ1n) is 7.03. The Bertz CT molecular complexity index is 872. The van der Waals surface area contributed by atoms with Gasteiger partial charge in [-0.2, -0.15) is 15.0 Å². The van der Waals surface area contributed by atoms with Gasteiger partial charge in [0.05, 0.1) is 18.6 Å². The van der Waals surface area contributed by atoms with Crippen molar-refractivity contribution in [2.75, 3.05) is 19.5 Å². The van der Waals surface area contributed by atoms with Crippen LogP contribution in [0.5, 0.6) is 6.01 Å². The van der Waals surface area contributed by atoms with Crippen molar-refractivity contribution in [3.05, 3.63) is 35.7 Å². The molecule has 25 heavy (non-hydrogen) atoms. The number of methoxy groups -OCH3 is 2. The molecule has 2 aromatic rings. The number of amides is 2. The normalized spacial score (nSPS) is 11.0. The minimum absolute atomic E-state index is 0.00361. The number of urea groups is 1. The molecule has 0 fully saturated rings. The summed E-state index contributed by atoms with van der Waals surface area (Å²) in [6.07, 6.45) is 0. The van der Waals surface area contributed by atoms with Gasteiger partial charge in [-0.3, -0.25) is 5.32 Å². The molecular weight excluding hydrogens is 350 g/mol. The van der Waals surface area contributed by atoms with Crippen molar-refractivity contribution in [3.63, 3.8) is 0 Å². The molecule has 134 valence electrons. The molecule has 0 spiro atoms. The van der Waals surface area contributed by atoms with Crippen LogP contribution in [-0.2, 0) is 21.4 Å². The van der Waals surface area contributed by atoms with Crippen molar-refractivity contribution in [1.29, 1.82) is 0 Å². The zero-order valence-corrected chi connectivity index (χ0v) is 14.6. The van der Waals surface area contributed by atoms with Gasteiger partial charge in [0.2, 0.25) is 5.95 Å². The number of nitrogens with zero attached hydrogens (tertiary/aromatic N) is 3. The van der Waals surface area contributed by atoms with Crippen molar-refractivity contribution < 1.29 is 22.7 Å². The SMILES string of the molecule is COCc1ccccc1S(=O)(=O)NC(=O)Nc1nc(C)nc(OC)n1. The van der Waals surface area contributed by atoms with Crippen LogP contribution in [0.4, 0.5) is 10.7 Å². The minimum atomic E-state index is -4.10. The largest absolute Gasteiger partial charge is 0.467 e. The third-order valence-corrected chi connectivity index (χ3v) is 4.36. The van der Waals surface area contributed by atoms with E-state index >= 15 is 0 Å². The van der Waals surface area contributed by atoms with Gasteiger partial charge in [-0.15, -0.1) is 0 Å². The van der Waals surface area contributed by atoms with Gasteiger partial charge in [-0.25, -0.2) is 17.9 Å². The summed E-state index contributed by atoms with van der Waals surface area (Å²) in [5.41, 5.74) is 0.419. The summed E-state index contributed by atoms with van der Waals surface area (Å²) in [7, 11) is -1.30. The highest BCUT2D eigenvalue weighted by molar-refractivity contribution is 7.90. The Morgan fingerprint density at radius 1 is 1.16 bits per heavy atom. The lowest BCUT2D eigenvalue weighted by Gasteiger charge is -2.11. The number of carbonyl (C=O) groups is 1. The van der Waals surface area contributed by atoms with Crippen molar-refractivity contribution in [3.8, 4) is 6.01 Å². The van der Waals surface area contributed by atoms with Gasteiger partial charge in [0.15, 0.2) is 0 Å². The van der Waals surface area contributed by atoms with E-state index in [0.717, 1.165) is 0 Å². The Morgan fingerprint density at radius 2 is 1.88 bits per heavy atom. The van der Waals surface area contributed by atoms with Crippen molar-refractivity contribution >= 4 is 22.0 Å². The van der Waals surface area contributed by atoms with E-state index in [1.807, 2.05) is 4.72 Å². The second kappa shape index (κ2) is 7.85. The fourth-order valence-corrected chi connectivity index (χ4v) is 3.08. The highest BCUT2D eigenvalue weighted by atomic mass is 32.2. The topological polar surface area (TPSA) is 132 Å². The predicted octanol–water partition coefficient (Wildman–Crippen LogP) is 0.845. The Labute approximate surface area is 144 Å². The van der Waals surface area contributed by atoms with E-state index in [-0.39, 0.29) is 23.5 Å². The first-order valence-corrected chi connectivity index (χ1v) is 8.51. The highest BCUT2D eigenvalue weighted by Crippen LogP contribution is 2.16. The quantitative estimate of drug-likeness (QED) is 0.768. The Hall–Kier alpha value is -2.79. The number of aromatic nitrogens is 3. The third kappa shape index (κ3) is 4.84. The van der Waals surface area contributed by atoms with Crippen LogP contribution < -0.4 is 14.8 Å². The summed E-state index contributed by atoms with van der Waals surface area (Å²) in [5.74, 6) is 0.165. The summed E-state index contributed by atoms with van der Waals surface area (Å²) in [4.78, 5) is 23.5. The van der Waals surface area contributed by atoms with E-state index in [9.17, 15) is 13.2 Å². The minimum Gasteiger partial charge on any atom is -0.467 e. The second-order valence-corrected chi connectivity index (χ2v) is 6.44. The molecule has 0 aliphatic carbocycles. The number of nitrogens with one attached hydrogen (secondary N) is 2. The van der Waals surface area contributed by atoms with Crippen LogP contribution >= 0.6 is 0 Å². The van der Waals surface area contributed by atoms with E-state index in [1.54, 1.807) is 25.1 Å². The summed E-state index contributed by atoms with van der Waals surface area (Å²) >= 11 is 0. The monoisotopic (exact) mass is 367 g/mol. The van der Waals surface area contributed by atoms with E-state index in [4.69, 9.17) is 9.47 Å². The first kappa shape index (κ1) is 18.5. The van der Waals surface area contributed by atoms with Gasteiger partial charge in [0.1, 0.15) is 5.82 Å². The molecule has 0 aliphatic rings. The molecule has 0 radical (unpaired) electrons. The van der Waals surface area contributed by atoms with Crippen molar-refractivity contribution in [2.45, 2.75) is 18.4 Å². The predicted molar refractivity (Wildman–Crippen MR) is 87.6 cm³/mol. The van der Waals surface area contributed by atoms with Crippen LogP contribution in [0.15, 0.2) is 29.2 Å². The van der Waals surface area contributed by atoms with E-state index < -0.39 is 16.1 Å². The number of hydrogen-bond acceptors (Lipinski definition) is 8. The summed E-state index contributed by atoms with van der Waals surface area (Å²) < 4.78 is 36.6. The molecule has 0 atom stereocenters. The number of sulfonamides is 1. The molecule has 2 N–H and O–H groups in total. The average molecular weight is 367 g/mol. The zero-order chi connectivity index (χ0) is 18.4. The van der Waals surface area contributed by atoms with Gasteiger partial charge in [0, 0.05) is 7.11 Å². The van der Waals surface area contributed by atoms with Gasteiger partial charge in [-0.05, 0) is 18.6 Å². The maximum absolute atomic E-state index is 12.4. The number of aryl methyl sites for hydroxylation is 1. The van der Waals surface area contributed by atoms with Crippen LogP contribution in [0, 0.1) is 6.92 Å². The molecule has 0 aliphatic heterocycles. The molecule has 0 bridgehead atoms. The van der Waals surface area contributed by atoms with Gasteiger partial charge < -0.3 is 9.47 Å². The number of ether oxygens (including phenoxy) is 2. The molecule has 2 amide bonds. The lowest BCUT2D eigenvalue weighted by Crippen LogP contribution is -2.35. The number of hydrogen-bond donors (Lipinski definition) is 2. The Kier molecular flexibility index (Phi) is 5.83. The maximum atomic E-state index is 12.4. The molecule has 0 saturated carbocycles.